The average Bonchev–Trinajstić information content (AvgIpc) is 3.37. The number of nitrogens with zero attached hydrogens (tertiary/aromatic N) is 2. The van der Waals surface area contributed by atoms with Gasteiger partial charge in [-0.1, -0.05) is 29.3 Å². The third-order valence-electron chi connectivity index (χ3n) is 6.56. The van der Waals surface area contributed by atoms with Gasteiger partial charge >= 0.3 is 6.18 Å². The molecule has 2 N–H and O–H groups in total. The number of alkyl halides is 3. The number of H-pyrrole nitrogens is 1. The molecule has 3 atom stereocenters. The standard InChI is InChI=1S/C23H20Cl2F3N3O3S/c24-18-6-2-13(8-21(18)35(33,34)31-14-3-4-15(31)10-16(32)9-14)22-29-11-20(30-22)12-1-5-17(19(25)7-12)23(26,27)28/h1-2,5-8,11,14-16,32H,3-4,9-10H2,(H,29,30)/t14-,15?,16?/m1/s1. The minimum atomic E-state index is -4.56. The van der Waals surface area contributed by atoms with E-state index in [-0.39, 0.29) is 22.0 Å². The first kappa shape index (κ1) is 24.6. The number of nitrogens with one attached hydrogen (secondary N) is 1. The van der Waals surface area contributed by atoms with E-state index in [2.05, 4.69) is 9.97 Å². The number of imidazole rings is 1. The largest absolute Gasteiger partial charge is 0.417 e. The normalized spacial score (nSPS) is 23.1. The molecule has 5 rings (SSSR count). The van der Waals surface area contributed by atoms with Crippen LogP contribution in [-0.2, 0) is 16.2 Å². The molecule has 12 heteroatoms. The summed E-state index contributed by atoms with van der Waals surface area (Å²) in [6.07, 6.45) is -1.48. The summed E-state index contributed by atoms with van der Waals surface area (Å²) in [6, 6.07) is 7.35. The van der Waals surface area contributed by atoms with Crippen molar-refractivity contribution < 1.29 is 26.7 Å². The maximum absolute atomic E-state index is 13.6. The molecule has 2 saturated heterocycles. The molecular formula is C23H20Cl2F3N3O3S. The number of fused-ring (bicyclic) bond motifs is 2. The van der Waals surface area contributed by atoms with Gasteiger partial charge in [0.2, 0.25) is 10.0 Å². The zero-order chi connectivity index (χ0) is 25.1. The van der Waals surface area contributed by atoms with E-state index >= 15 is 0 Å². The van der Waals surface area contributed by atoms with E-state index in [1.54, 1.807) is 6.07 Å². The van der Waals surface area contributed by atoms with Crippen molar-refractivity contribution in [2.45, 2.75) is 54.9 Å². The summed E-state index contributed by atoms with van der Waals surface area (Å²) in [5.74, 6) is 0.321. The lowest BCUT2D eigenvalue weighted by molar-refractivity contribution is -0.137. The van der Waals surface area contributed by atoms with Gasteiger partial charge in [-0.3, -0.25) is 0 Å². The first-order valence-electron chi connectivity index (χ1n) is 10.9. The number of aromatic amines is 1. The summed E-state index contributed by atoms with van der Waals surface area (Å²) in [5, 5.41) is 9.67. The second kappa shape index (κ2) is 8.77. The number of sulfonamides is 1. The maximum Gasteiger partial charge on any atom is 0.417 e. The van der Waals surface area contributed by atoms with Crippen LogP contribution in [0.25, 0.3) is 22.6 Å². The van der Waals surface area contributed by atoms with Crippen LogP contribution in [0.1, 0.15) is 31.2 Å². The molecule has 3 aromatic rings. The van der Waals surface area contributed by atoms with Gasteiger partial charge < -0.3 is 10.1 Å². The van der Waals surface area contributed by atoms with E-state index < -0.39 is 32.9 Å². The Morgan fingerprint density at radius 3 is 2.29 bits per heavy atom. The predicted molar refractivity (Wildman–Crippen MR) is 126 cm³/mol. The Balaban J connectivity index is 1.47. The average molecular weight is 546 g/mol. The van der Waals surface area contributed by atoms with Crippen molar-refractivity contribution in [2.75, 3.05) is 0 Å². The molecule has 2 fully saturated rings. The second-order valence-corrected chi connectivity index (χ2v) is 11.5. The monoisotopic (exact) mass is 545 g/mol. The second-order valence-electron chi connectivity index (χ2n) is 8.83. The molecule has 0 saturated carbocycles. The molecule has 0 aliphatic carbocycles. The Bertz CT molecular complexity index is 1380. The number of aliphatic hydroxyl groups excluding tert-OH is 1. The van der Waals surface area contributed by atoms with Gasteiger partial charge in [0, 0.05) is 23.2 Å². The molecule has 0 radical (unpaired) electrons. The molecule has 2 aliphatic heterocycles. The lowest BCUT2D eigenvalue weighted by Gasteiger charge is -2.36. The van der Waals surface area contributed by atoms with Crippen LogP contribution in [0, 0.1) is 0 Å². The molecule has 0 spiro atoms. The fraction of sp³-hybridized carbons (Fsp3) is 0.348. The van der Waals surface area contributed by atoms with E-state index in [1.807, 2.05) is 0 Å². The van der Waals surface area contributed by atoms with Gasteiger partial charge in [-0.2, -0.15) is 17.5 Å². The van der Waals surface area contributed by atoms with Crippen molar-refractivity contribution in [3.05, 3.63) is 58.2 Å². The number of hydrogen-bond donors (Lipinski definition) is 2. The first-order chi connectivity index (χ1) is 16.4. The third-order valence-corrected chi connectivity index (χ3v) is 9.36. The highest BCUT2D eigenvalue weighted by Gasteiger charge is 2.47. The van der Waals surface area contributed by atoms with Crippen LogP contribution in [-0.4, -0.2) is 46.0 Å². The summed E-state index contributed by atoms with van der Waals surface area (Å²) in [5.41, 5.74) is 0.320. The highest BCUT2D eigenvalue weighted by Crippen LogP contribution is 2.42. The van der Waals surface area contributed by atoms with Gasteiger partial charge in [-0.25, -0.2) is 13.4 Å². The quantitative estimate of drug-likeness (QED) is 0.437. The van der Waals surface area contributed by atoms with E-state index in [0.29, 0.717) is 48.3 Å². The molecule has 3 heterocycles. The Morgan fingerprint density at radius 1 is 1.00 bits per heavy atom. The summed E-state index contributed by atoms with van der Waals surface area (Å²) >= 11 is 12.1. The molecule has 2 aromatic carbocycles. The van der Waals surface area contributed by atoms with Crippen LogP contribution < -0.4 is 0 Å². The molecule has 1 aromatic heterocycles. The third kappa shape index (κ3) is 4.46. The molecule has 2 bridgehead atoms. The van der Waals surface area contributed by atoms with Gasteiger partial charge in [-0.05, 0) is 56.0 Å². The number of hydrogen-bond acceptors (Lipinski definition) is 4. The Hall–Kier alpha value is -2.11. The van der Waals surface area contributed by atoms with Crippen LogP contribution in [0.2, 0.25) is 10.0 Å². The number of rotatable bonds is 4. The molecule has 35 heavy (non-hydrogen) atoms. The zero-order valence-electron chi connectivity index (χ0n) is 18.1. The van der Waals surface area contributed by atoms with Gasteiger partial charge in [0.15, 0.2) is 0 Å². The Morgan fingerprint density at radius 2 is 1.66 bits per heavy atom. The fourth-order valence-electron chi connectivity index (χ4n) is 4.99. The topological polar surface area (TPSA) is 86.3 Å². The lowest BCUT2D eigenvalue weighted by Crippen LogP contribution is -2.47. The van der Waals surface area contributed by atoms with Crippen molar-refractivity contribution in [3.8, 4) is 22.6 Å². The van der Waals surface area contributed by atoms with Gasteiger partial charge in [-0.15, -0.1) is 0 Å². The molecule has 2 aliphatic rings. The summed E-state index contributed by atoms with van der Waals surface area (Å²) in [7, 11) is -3.93. The van der Waals surface area contributed by atoms with Crippen molar-refractivity contribution in [2.24, 2.45) is 0 Å². The predicted octanol–water partition coefficient (Wildman–Crippen LogP) is 5.75. The molecule has 6 nitrogen and oxygen atoms in total. The van der Waals surface area contributed by atoms with E-state index in [0.717, 1.165) is 6.07 Å². The van der Waals surface area contributed by atoms with E-state index in [1.165, 1.54) is 34.8 Å². The van der Waals surface area contributed by atoms with Crippen LogP contribution in [0.3, 0.4) is 0 Å². The number of aromatic nitrogens is 2. The lowest BCUT2D eigenvalue weighted by atomic mass is 10.0. The Labute approximate surface area is 209 Å². The van der Waals surface area contributed by atoms with E-state index in [9.17, 15) is 26.7 Å². The first-order valence-corrected chi connectivity index (χ1v) is 13.1. The van der Waals surface area contributed by atoms with Gasteiger partial charge in [0.1, 0.15) is 10.7 Å². The summed E-state index contributed by atoms with van der Waals surface area (Å²) < 4.78 is 67.6. The Kier molecular flexibility index (Phi) is 6.16. The minimum Gasteiger partial charge on any atom is -0.393 e. The number of benzene rings is 2. The molecular weight excluding hydrogens is 526 g/mol. The highest BCUT2D eigenvalue weighted by molar-refractivity contribution is 7.89. The fourth-order valence-corrected chi connectivity index (χ4v) is 7.67. The SMILES string of the molecule is O=S(=O)(c1cc(-c2ncc(-c3ccc(C(F)(F)F)c(Cl)c3)[nH]2)ccc1Cl)N1C2CC[C@@H]1CC(O)C2. The van der Waals surface area contributed by atoms with Crippen LogP contribution in [0.5, 0.6) is 0 Å². The van der Waals surface area contributed by atoms with Gasteiger partial charge in [0.25, 0.3) is 0 Å². The molecule has 2 unspecified atom stereocenters. The molecule has 0 amide bonds. The van der Waals surface area contributed by atoms with E-state index in [4.69, 9.17) is 23.2 Å². The zero-order valence-corrected chi connectivity index (χ0v) is 20.4. The minimum absolute atomic E-state index is 0.0551. The van der Waals surface area contributed by atoms with Crippen LogP contribution in [0.15, 0.2) is 47.5 Å². The molecule has 186 valence electrons. The number of piperidine rings is 1. The summed E-state index contributed by atoms with van der Waals surface area (Å²) in [4.78, 5) is 7.23. The van der Waals surface area contributed by atoms with Crippen LogP contribution in [0.4, 0.5) is 13.2 Å². The van der Waals surface area contributed by atoms with Crippen molar-refractivity contribution in [1.29, 1.82) is 0 Å². The highest BCUT2D eigenvalue weighted by atomic mass is 35.5. The smallest absolute Gasteiger partial charge is 0.393 e. The number of halogens is 5. The van der Waals surface area contributed by atoms with Crippen LogP contribution >= 0.6 is 23.2 Å². The summed E-state index contributed by atoms with van der Waals surface area (Å²) in [6.45, 7) is 0. The maximum atomic E-state index is 13.6. The van der Waals surface area contributed by atoms with Crippen molar-refractivity contribution >= 4 is 33.2 Å². The number of aliphatic hydroxyl groups is 1. The van der Waals surface area contributed by atoms with Crippen molar-refractivity contribution in [1.82, 2.24) is 14.3 Å². The van der Waals surface area contributed by atoms with Gasteiger partial charge in [0.05, 0.1) is 33.6 Å². The van der Waals surface area contributed by atoms with Crippen molar-refractivity contribution in [3.63, 3.8) is 0 Å².